The molecule has 19 heavy (non-hydrogen) atoms. The second-order valence-corrected chi connectivity index (χ2v) is 5.66. The van der Waals surface area contributed by atoms with Crippen molar-refractivity contribution in [2.45, 2.75) is 47.1 Å². The van der Waals surface area contributed by atoms with Crippen LogP contribution in [0, 0.1) is 30.4 Å². The minimum Gasteiger partial charge on any atom is -0.310 e. The molecule has 0 heterocycles. The molecular formula is C16H25F2N. The van der Waals surface area contributed by atoms with Crippen molar-refractivity contribution in [3.63, 3.8) is 0 Å². The molecule has 0 saturated heterocycles. The minimum atomic E-state index is -0.479. The van der Waals surface area contributed by atoms with E-state index < -0.39 is 11.6 Å². The number of benzene rings is 1. The van der Waals surface area contributed by atoms with E-state index in [-0.39, 0.29) is 12.0 Å². The van der Waals surface area contributed by atoms with Crippen LogP contribution in [0.1, 0.15) is 51.3 Å². The van der Waals surface area contributed by atoms with Crippen molar-refractivity contribution in [3.8, 4) is 0 Å². The number of aryl methyl sites for hydroxylation is 1. The number of hydrogen-bond donors (Lipinski definition) is 1. The molecule has 0 radical (unpaired) electrons. The first-order valence-corrected chi connectivity index (χ1v) is 7.07. The van der Waals surface area contributed by atoms with E-state index in [2.05, 4.69) is 33.0 Å². The summed E-state index contributed by atoms with van der Waals surface area (Å²) in [6.45, 7) is 10.9. The standard InChI is InChI=1S/C16H25F2N/c1-6-7-19-16(12(5)10(2)3)13-8-11(4)14(17)9-15(13)18/h8-10,12,16,19H,6-7H2,1-5H3. The second-order valence-electron chi connectivity index (χ2n) is 5.66. The van der Waals surface area contributed by atoms with Gasteiger partial charge >= 0.3 is 0 Å². The average molecular weight is 269 g/mol. The first kappa shape index (κ1) is 16.1. The summed E-state index contributed by atoms with van der Waals surface area (Å²) in [4.78, 5) is 0. The second kappa shape index (κ2) is 6.99. The Morgan fingerprint density at radius 1 is 1.11 bits per heavy atom. The summed E-state index contributed by atoms with van der Waals surface area (Å²) in [5.74, 6) is -0.220. The lowest BCUT2D eigenvalue weighted by Gasteiger charge is -2.29. The van der Waals surface area contributed by atoms with Gasteiger partial charge in [0.05, 0.1) is 0 Å². The molecule has 3 heteroatoms. The van der Waals surface area contributed by atoms with E-state index in [1.807, 2.05) is 0 Å². The van der Waals surface area contributed by atoms with E-state index in [9.17, 15) is 8.78 Å². The van der Waals surface area contributed by atoms with Gasteiger partial charge in [0.25, 0.3) is 0 Å². The fourth-order valence-corrected chi connectivity index (χ4v) is 2.18. The molecule has 1 N–H and O–H groups in total. The molecule has 0 bridgehead atoms. The van der Waals surface area contributed by atoms with Crippen LogP contribution >= 0.6 is 0 Å². The number of nitrogens with one attached hydrogen (secondary N) is 1. The Balaban J connectivity index is 3.13. The molecule has 1 aromatic rings. The molecule has 0 amide bonds. The first-order chi connectivity index (χ1) is 8.88. The number of halogens is 2. The van der Waals surface area contributed by atoms with Crippen LogP contribution < -0.4 is 5.32 Å². The summed E-state index contributed by atoms with van der Waals surface area (Å²) in [5.41, 5.74) is 1.07. The van der Waals surface area contributed by atoms with Gasteiger partial charge in [0.1, 0.15) is 11.6 Å². The highest BCUT2D eigenvalue weighted by Crippen LogP contribution is 2.30. The highest BCUT2D eigenvalue weighted by Gasteiger charge is 2.24. The highest BCUT2D eigenvalue weighted by atomic mass is 19.1. The van der Waals surface area contributed by atoms with Crippen LogP contribution in [0.2, 0.25) is 0 Å². The Bertz CT molecular complexity index is 415. The number of hydrogen-bond acceptors (Lipinski definition) is 1. The van der Waals surface area contributed by atoms with E-state index in [1.54, 1.807) is 13.0 Å². The third-order valence-electron chi connectivity index (χ3n) is 3.80. The lowest BCUT2D eigenvalue weighted by Crippen LogP contribution is -2.31. The van der Waals surface area contributed by atoms with Crippen LogP contribution in [0.4, 0.5) is 8.78 Å². The summed E-state index contributed by atoms with van der Waals surface area (Å²) >= 11 is 0. The molecule has 0 aromatic heterocycles. The Hall–Kier alpha value is -0.960. The smallest absolute Gasteiger partial charge is 0.130 e. The molecule has 0 aliphatic heterocycles. The monoisotopic (exact) mass is 269 g/mol. The largest absolute Gasteiger partial charge is 0.310 e. The van der Waals surface area contributed by atoms with Crippen LogP contribution in [0.3, 0.4) is 0 Å². The van der Waals surface area contributed by atoms with E-state index in [4.69, 9.17) is 0 Å². The predicted molar refractivity (Wildman–Crippen MR) is 76.1 cm³/mol. The quantitative estimate of drug-likeness (QED) is 0.795. The van der Waals surface area contributed by atoms with E-state index in [0.717, 1.165) is 19.0 Å². The topological polar surface area (TPSA) is 12.0 Å². The maximum absolute atomic E-state index is 14.1. The van der Waals surface area contributed by atoms with E-state index in [1.165, 1.54) is 0 Å². The molecule has 0 fully saturated rings. The first-order valence-electron chi connectivity index (χ1n) is 7.07. The lowest BCUT2D eigenvalue weighted by molar-refractivity contribution is 0.297. The van der Waals surface area contributed by atoms with Gasteiger partial charge in [-0.2, -0.15) is 0 Å². The summed E-state index contributed by atoms with van der Waals surface area (Å²) in [7, 11) is 0. The van der Waals surface area contributed by atoms with Crippen molar-refractivity contribution in [3.05, 3.63) is 34.9 Å². The highest BCUT2D eigenvalue weighted by molar-refractivity contribution is 5.28. The molecule has 0 aliphatic carbocycles. The van der Waals surface area contributed by atoms with Crippen LogP contribution in [-0.4, -0.2) is 6.54 Å². The average Bonchev–Trinajstić information content (AvgIpc) is 2.35. The normalized spacial score (nSPS) is 14.7. The maximum atomic E-state index is 14.1. The van der Waals surface area contributed by atoms with Crippen molar-refractivity contribution in [1.29, 1.82) is 0 Å². The fourth-order valence-electron chi connectivity index (χ4n) is 2.18. The van der Waals surface area contributed by atoms with Gasteiger partial charge in [-0.05, 0) is 43.4 Å². The third-order valence-corrected chi connectivity index (χ3v) is 3.80. The summed E-state index contributed by atoms with van der Waals surface area (Å²) < 4.78 is 27.4. The van der Waals surface area contributed by atoms with Crippen molar-refractivity contribution < 1.29 is 8.78 Å². The SMILES string of the molecule is CCCNC(c1cc(C)c(F)cc1F)C(C)C(C)C. The lowest BCUT2D eigenvalue weighted by atomic mass is 9.85. The van der Waals surface area contributed by atoms with E-state index >= 15 is 0 Å². The zero-order chi connectivity index (χ0) is 14.6. The molecule has 0 spiro atoms. The van der Waals surface area contributed by atoms with Gasteiger partial charge in [-0.3, -0.25) is 0 Å². The maximum Gasteiger partial charge on any atom is 0.130 e. The van der Waals surface area contributed by atoms with Crippen molar-refractivity contribution in [2.24, 2.45) is 11.8 Å². The molecule has 0 aliphatic rings. The van der Waals surface area contributed by atoms with Gasteiger partial charge in [-0.15, -0.1) is 0 Å². The molecule has 0 saturated carbocycles. The van der Waals surface area contributed by atoms with Gasteiger partial charge in [0.2, 0.25) is 0 Å². The van der Waals surface area contributed by atoms with Crippen LogP contribution in [0.25, 0.3) is 0 Å². The molecule has 1 aromatic carbocycles. The summed E-state index contributed by atoms with van der Waals surface area (Å²) in [6, 6.07) is 2.56. The Morgan fingerprint density at radius 3 is 2.26 bits per heavy atom. The van der Waals surface area contributed by atoms with Gasteiger partial charge in [0, 0.05) is 17.7 Å². The molecule has 2 atom stereocenters. The van der Waals surface area contributed by atoms with Gasteiger partial charge in [0.15, 0.2) is 0 Å². The Labute approximate surface area is 115 Å². The molecule has 108 valence electrons. The van der Waals surface area contributed by atoms with Crippen LogP contribution in [-0.2, 0) is 0 Å². The zero-order valence-corrected chi connectivity index (χ0v) is 12.6. The van der Waals surface area contributed by atoms with Crippen LogP contribution in [0.5, 0.6) is 0 Å². The summed E-state index contributed by atoms with van der Waals surface area (Å²) in [5, 5.41) is 3.39. The van der Waals surface area contributed by atoms with Gasteiger partial charge < -0.3 is 5.32 Å². The van der Waals surface area contributed by atoms with Crippen molar-refractivity contribution in [1.82, 2.24) is 5.32 Å². The Kier molecular flexibility index (Phi) is 5.92. The summed E-state index contributed by atoms with van der Waals surface area (Å²) in [6.07, 6.45) is 0.989. The third kappa shape index (κ3) is 4.00. The minimum absolute atomic E-state index is 0.0701. The van der Waals surface area contributed by atoms with Crippen LogP contribution in [0.15, 0.2) is 12.1 Å². The van der Waals surface area contributed by atoms with Crippen molar-refractivity contribution in [2.75, 3.05) is 6.54 Å². The predicted octanol–water partition coefficient (Wildman–Crippen LogP) is 4.61. The van der Waals surface area contributed by atoms with Gasteiger partial charge in [-0.1, -0.05) is 27.7 Å². The fraction of sp³-hybridized carbons (Fsp3) is 0.625. The Morgan fingerprint density at radius 2 is 1.74 bits per heavy atom. The molecule has 1 rings (SSSR count). The molecule has 2 unspecified atom stereocenters. The molecule has 1 nitrogen and oxygen atoms in total. The van der Waals surface area contributed by atoms with Crippen molar-refractivity contribution >= 4 is 0 Å². The number of rotatable bonds is 6. The van der Waals surface area contributed by atoms with Gasteiger partial charge in [-0.25, -0.2) is 8.78 Å². The van der Waals surface area contributed by atoms with E-state index in [0.29, 0.717) is 17.0 Å². The molecular weight excluding hydrogens is 244 g/mol. The zero-order valence-electron chi connectivity index (χ0n) is 12.6.